The molecule has 2 saturated heterocycles. The van der Waals surface area contributed by atoms with Crippen LogP contribution in [0.5, 0.6) is 0 Å². The quantitative estimate of drug-likeness (QED) is 0.660. The van der Waals surface area contributed by atoms with Crippen LogP contribution in [0.15, 0.2) is 36.5 Å². The van der Waals surface area contributed by atoms with E-state index in [1.807, 2.05) is 42.4 Å². The predicted octanol–water partition coefficient (Wildman–Crippen LogP) is 3.32. The summed E-state index contributed by atoms with van der Waals surface area (Å²) in [7, 11) is 1.85. The molecule has 1 aromatic carbocycles. The van der Waals surface area contributed by atoms with Crippen molar-refractivity contribution in [2.75, 3.05) is 49.6 Å². The second-order valence-electron chi connectivity index (χ2n) is 8.63. The topological polar surface area (TPSA) is 88.4 Å². The minimum atomic E-state index is -0.0358. The molecular formula is C24H29N7O2. The normalized spacial score (nSPS) is 16.3. The number of anilines is 2. The van der Waals surface area contributed by atoms with Crippen LogP contribution in [0.3, 0.4) is 0 Å². The lowest BCUT2D eigenvalue weighted by atomic mass is 9.99. The number of carbonyl (C=O) groups excluding carboxylic acids is 1. The molecule has 0 unspecified atom stereocenters. The molecule has 9 heteroatoms. The minimum absolute atomic E-state index is 0.0358. The molecule has 9 nitrogen and oxygen atoms in total. The zero-order chi connectivity index (χ0) is 22.8. The number of urea groups is 1. The van der Waals surface area contributed by atoms with Crippen molar-refractivity contribution in [2.24, 2.45) is 7.05 Å². The molecule has 4 heterocycles. The first-order chi connectivity index (χ1) is 16.1. The number of pyridine rings is 1. The lowest BCUT2D eigenvalue weighted by molar-refractivity contribution is 0.122. The fourth-order valence-corrected chi connectivity index (χ4v) is 4.36. The van der Waals surface area contributed by atoms with Gasteiger partial charge in [-0.25, -0.2) is 9.78 Å². The molecule has 2 aliphatic rings. The Morgan fingerprint density at radius 1 is 1.03 bits per heavy atom. The van der Waals surface area contributed by atoms with Crippen LogP contribution in [0.4, 0.5) is 16.3 Å². The van der Waals surface area contributed by atoms with Gasteiger partial charge >= 0.3 is 6.03 Å². The van der Waals surface area contributed by atoms with E-state index in [9.17, 15) is 4.79 Å². The lowest BCUT2D eigenvalue weighted by Gasteiger charge is -2.28. The van der Waals surface area contributed by atoms with E-state index in [4.69, 9.17) is 9.72 Å². The van der Waals surface area contributed by atoms with Gasteiger partial charge in [-0.1, -0.05) is 11.3 Å². The number of nitrogens with one attached hydrogen (secondary N) is 1. The largest absolute Gasteiger partial charge is 0.378 e. The van der Waals surface area contributed by atoms with Gasteiger partial charge in [0.05, 0.1) is 25.1 Å². The highest BCUT2D eigenvalue weighted by molar-refractivity contribution is 5.91. The summed E-state index contributed by atoms with van der Waals surface area (Å²) in [5.41, 5.74) is 5.49. The molecule has 5 rings (SSSR count). The summed E-state index contributed by atoms with van der Waals surface area (Å²) in [6.07, 6.45) is 4.01. The van der Waals surface area contributed by atoms with Crippen molar-refractivity contribution in [3.8, 4) is 22.5 Å². The monoisotopic (exact) mass is 447 g/mol. The van der Waals surface area contributed by atoms with E-state index in [-0.39, 0.29) is 6.03 Å². The molecule has 33 heavy (non-hydrogen) atoms. The molecule has 0 spiro atoms. The van der Waals surface area contributed by atoms with Crippen molar-refractivity contribution >= 4 is 17.5 Å². The zero-order valence-corrected chi connectivity index (χ0v) is 19.1. The van der Waals surface area contributed by atoms with Crippen molar-refractivity contribution in [3.05, 3.63) is 42.1 Å². The first-order valence-corrected chi connectivity index (χ1v) is 11.5. The number of likely N-dealkylation sites (tertiary alicyclic amines) is 1. The van der Waals surface area contributed by atoms with Crippen LogP contribution in [0.25, 0.3) is 22.5 Å². The molecule has 2 amide bonds. The number of morpholine rings is 1. The second kappa shape index (κ2) is 9.19. The number of carbonyl (C=O) groups is 1. The van der Waals surface area contributed by atoms with E-state index in [1.165, 1.54) is 0 Å². The summed E-state index contributed by atoms with van der Waals surface area (Å²) >= 11 is 0. The van der Waals surface area contributed by atoms with E-state index in [0.29, 0.717) is 13.2 Å². The first-order valence-electron chi connectivity index (χ1n) is 11.5. The van der Waals surface area contributed by atoms with Crippen molar-refractivity contribution < 1.29 is 9.53 Å². The number of hydrogen-bond donors (Lipinski definition) is 1. The Morgan fingerprint density at radius 2 is 1.82 bits per heavy atom. The number of amides is 2. The molecule has 0 saturated carbocycles. The third-order valence-electron chi connectivity index (χ3n) is 6.21. The predicted molar refractivity (Wildman–Crippen MR) is 127 cm³/mol. The van der Waals surface area contributed by atoms with Gasteiger partial charge in [0.15, 0.2) is 0 Å². The smallest absolute Gasteiger partial charge is 0.321 e. The van der Waals surface area contributed by atoms with Gasteiger partial charge in [-0.3, -0.25) is 4.68 Å². The minimum Gasteiger partial charge on any atom is -0.378 e. The van der Waals surface area contributed by atoms with Crippen molar-refractivity contribution in [1.29, 1.82) is 0 Å². The van der Waals surface area contributed by atoms with Gasteiger partial charge in [0, 0.05) is 38.9 Å². The van der Waals surface area contributed by atoms with E-state index in [2.05, 4.69) is 33.5 Å². The van der Waals surface area contributed by atoms with E-state index < -0.39 is 0 Å². The van der Waals surface area contributed by atoms with Crippen LogP contribution in [0, 0.1) is 6.92 Å². The molecule has 0 radical (unpaired) electrons. The van der Waals surface area contributed by atoms with Crippen LogP contribution < -0.4 is 10.2 Å². The Labute approximate surface area is 193 Å². The Bertz CT molecular complexity index is 1150. The van der Waals surface area contributed by atoms with E-state index in [0.717, 1.165) is 78.6 Å². The van der Waals surface area contributed by atoms with Crippen LogP contribution in [0.1, 0.15) is 18.4 Å². The number of rotatable bonds is 4. The first kappa shape index (κ1) is 21.4. The third kappa shape index (κ3) is 4.68. The molecule has 1 N–H and O–H groups in total. The fraction of sp³-hybridized carbons (Fsp3) is 0.417. The summed E-state index contributed by atoms with van der Waals surface area (Å²) in [4.78, 5) is 21.6. The maximum absolute atomic E-state index is 12.6. The van der Waals surface area contributed by atoms with Gasteiger partial charge in [0.1, 0.15) is 11.5 Å². The highest BCUT2D eigenvalue weighted by atomic mass is 16.5. The fourth-order valence-electron chi connectivity index (χ4n) is 4.36. The van der Waals surface area contributed by atoms with Crippen molar-refractivity contribution in [1.82, 2.24) is 24.9 Å². The molecule has 2 fully saturated rings. The van der Waals surface area contributed by atoms with Crippen LogP contribution >= 0.6 is 0 Å². The molecule has 0 aliphatic carbocycles. The van der Waals surface area contributed by atoms with E-state index in [1.54, 1.807) is 4.68 Å². The van der Waals surface area contributed by atoms with E-state index >= 15 is 0 Å². The average molecular weight is 448 g/mol. The highest BCUT2D eigenvalue weighted by Gasteiger charge is 2.20. The molecule has 0 atom stereocenters. The molecule has 2 aromatic heterocycles. The summed E-state index contributed by atoms with van der Waals surface area (Å²) in [5.74, 6) is 0.891. The van der Waals surface area contributed by atoms with Gasteiger partial charge in [0.25, 0.3) is 0 Å². The van der Waals surface area contributed by atoms with Crippen LogP contribution in [0.2, 0.25) is 0 Å². The average Bonchev–Trinajstić information content (AvgIpc) is 3.53. The van der Waals surface area contributed by atoms with Gasteiger partial charge in [-0.15, -0.1) is 5.10 Å². The number of ether oxygens (including phenoxy) is 1. The molecule has 3 aromatic rings. The number of benzene rings is 1. The number of aromatic nitrogens is 4. The molecule has 0 bridgehead atoms. The zero-order valence-electron chi connectivity index (χ0n) is 19.1. The maximum atomic E-state index is 12.6. The number of aryl methyl sites for hydroxylation is 2. The molecular weight excluding hydrogens is 418 g/mol. The summed E-state index contributed by atoms with van der Waals surface area (Å²) in [5, 5.41) is 11.4. The SMILES string of the molecule is Cc1ccc(NC(=O)N2CCCC2)cc1-c1cc(-c2cn(C)nn2)nc(N2CCOCC2)c1. The molecule has 2 aliphatic heterocycles. The summed E-state index contributed by atoms with van der Waals surface area (Å²) < 4.78 is 7.21. The maximum Gasteiger partial charge on any atom is 0.321 e. The van der Waals surface area contributed by atoms with Gasteiger partial charge in [-0.05, 0) is 60.7 Å². The van der Waals surface area contributed by atoms with Crippen molar-refractivity contribution in [2.45, 2.75) is 19.8 Å². The van der Waals surface area contributed by atoms with Gasteiger partial charge in [0.2, 0.25) is 0 Å². The second-order valence-corrected chi connectivity index (χ2v) is 8.63. The van der Waals surface area contributed by atoms with Gasteiger partial charge < -0.3 is 19.9 Å². The van der Waals surface area contributed by atoms with Crippen molar-refractivity contribution in [3.63, 3.8) is 0 Å². The highest BCUT2D eigenvalue weighted by Crippen LogP contribution is 2.32. The Kier molecular flexibility index (Phi) is 5.95. The Morgan fingerprint density at radius 3 is 2.55 bits per heavy atom. The number of hydrogen-bond acceptors (Lipinski definition) is 6. The van der Waals surface area contributed by atoms with Gasteiger partial charge in [-0.2, -0.15) is 0 Å². The summed E-state index contributed by atoms with van der Waals surface area (Å²) in [6, 6.07) is 10.2. The lowest BCUT2D eigenvalue weighted by Crippen LogP contribution is -2.36. The Balaban J connectivity index is 1.52. The number of nitrogens with zero attached hydrogens (tertiary/aromatic N) is 6. The van der Waals surface area contributed by atoms with Crippen LogP contribution in [-0.4, -0.2) is 70.3 Å². The third-order valence-corrected chi connectivity index (χ3v) is 6.21. The summed E-state index contributed by atoms with van der Waals surface area (Å²) in [6.45, 7) is 6.67. The standard InChI is InChI=1S/C24H29N7O2/c1-17-5-6-19(25-24(32)31-7-3-4-8-31)15-20(17)18-13-21(22-16-29(2)28-27-22)26-23(14-18)30-9-11-33-12-10-30/h5-6,13-16H,3-4,7-12H2,1-2H3,(H,25,32). The Hall–Kier alpha value is -3.46. The van der Waals surface area contributed by atoms with Crippen LogP contribution in [-0.2, 0) is 11.8 Å². The molecule has 172 valence electrons.